The second-order valence-corrected chi connectivity index (χ2v) is 6.05. The molecule has 1 atom stereocenters. The Morgan fingerprint density at radius 1 is 1.44 bits per heavy atom. The summed E-state index contributed by atoms with van der Waals surface area (Å²) in [7, 11) is 0. The molecule has 0 spiro atoms. The summed E-state index contributed by atoms with van der Waals surface area (Å²) in [4.78, 5) is 0. The van der Waals surface area contributed by atoms with Crippen molar-refractivity contribution in [3.63, 3.8) is 0 Å². The van der Waals surface area contributed by atoms with Crippen molar-refractivity contribution in [2.45, 2.75) is 20.4 Å². The Morgan fingerprint density at radius 2 is 2.19 bits per heavy atom. The average molecular weight is 302 g/mol. The molecule has 0 radical (unpaired) electrons. The second-order valence-electron chi connectivity index (χ2n) is 4.29. The normalized spacial score (nSPS) is 12.8. The quantitative estimate of drug-likeness (QED) is 0.856. The summed E-state index contributed by atoms with van der Waals surface area (Å²) in [5, 5.41) is 3.50. The summed E-state index contributed by atoms with van der Waals surface area (Å²) in [6.45, 7) is 6.43. The van der Waals surface area contributed by atoms with Crippen LogP contribution in [0.15, 0.2) is 22.7 Å². The van der Waals surface area contributed by atoms with Crippen LogP contribution in [0.2, 0.25) is 0 Å². The Hall–Kier alpha value is 0.01000. The van der Waals surface area contributed by atoms with Gasteiger partial charge >= 0.3 is 0 Å². The van der Waals surface area contributed by atoms with Gasteiger partial charge in [0.1, 0.15) is 0 Å². The molecule has 0 saturated heterocycles. The molecule has 1 N–H and O–H groups in total. The highest BCUT2D eigenvalue weighted by molar-refractivity contribution is 9.10. The van der Waals surface area contributed by atoms with Gasteiger partial charge in [-0.1, -0.05) is 35.0 Å². The number of hydrogen-bond donors (Lipinski definition) is 1. The molecule has 1 nitrogen and oxygen atoms in total. The largest absolute Gasteiger partial charge is 0.312 e. The summed E-state index contributed by atoms with van der Waals surface area (Å²) < 4.78 is 1.21. The average Bonchev–Trinajstić information content (AvgIpc) is 2.22. The van der Waals surface area contributed by atoms with Gasteiger partial charge in [-0.05, 0) is 48.6 Å². The molecule has 1 rings (SSSR count). The molecule has 3 heteroatoms. The number of hydrogen-bond acceptors (Lipinski definition) is 2. The minimum Gasteiger partial charge on any atom is -0.312 e. The number of rotatable bonds is 6. The van der Waals surface area contributed by atoms with Crippen molar-refractivity contribution in [1.29, 1.82) is 0 Å². The first-order valence-corrected chi connectivity index (χ1v) is 7.77. The molecule has 90 valence electrons. The zero-order valence-corrected chi connectivity index (χ0v) is 12.6. The van der Waals surface area contributed by atoms with E-state index in [-0.39, 0.29) is 0 Å². The van der Waals surface area contributed by atoms with E-state index in [2.05, 4.69) is 59.5 Å². The Bertz CT molecular complexity index is 328. The standard InChI is InChI=1S/C13H20BrNS/c1-10-4-5-12(13(14)6-10)8-15-7-11(2)9-16-3/h4-6,11,15H,7-9H2,1-3H3. The van der Waals surface area contributed by atoms with E-state index in [1.54, 1.807) is 0 Å². The van der Waals surface area contributed by atoms with Crippen LogP contribution in [0, 0.1) is 12.8 Å². The van der Waals surface area contributed by atoms with Crippen molar-refractivity contribution >= 4 is 27.7 Å². The van der Waals surface area contributed by atoms with Crippen LogP contribution in [-0.4, -0.2) is 18.6 Å². The van der Waals surface area contributed by atoms with Crippen LogP contribution >= 0.6 is 27.7 Å². The molecular formula is C13H20BrNS. The molecule has 0 amide bonds. The molecule has 0 bridgehead atoms. The molecule has 0 saturated carbocycles. The molecule has 1 unspecified atom stereocenters. The maximum Gasteiger partial charge on any atom is 0.0222 e. The van der Waals surface area contributed by atoms with Gasteiger partial charge < -0.3 is 5.32 Å². The summed E-state index contributed by atoms with van der Waals surface area (Å²) in [6, 6.07) is 6.51. The molecular weight excluding hydrogens is 282 g/mol. The van der Waals surface area contributed by atoms with Gasteiger partial charge in [-0.3, -0.25) is 0 Å². The lowest BCUT2D eigenvalue weighted by atomic mass is 10.1. The third-order valence-electron chi connectivity index (χ3n) is 2.47. The fraction of sp³-hybridized carbons (Fsp3) is 0.538. The summed E-state index contributed by atoms with van der Waals surface area (Å²) in [6.07, 6.45) is 2.16. The van der Waals surface area contributed by atoms with Gasteiger partial charge in [-0.2, -0.15) is 11.8 Å². The van der Waals surface area contributed by atoms with Crippen molar-refractivity contribution in [2.24, 2.45) is 5.92 Å². The zero-order valence-electron chi connectivity index (χ0n) is 10.2. The number of halogens is 1. The second kappa shape index (κ2) is 7.36. The number of nitrogens with one attached hydrogen (secondary N) is 1. The van der Waals surface area contributed by atoms with Crippen molar-refractivity contribution in [1.82, 2.24) is 5.32 Å². The maximum absolute atomic E-state index is 3.60. The van der Waals surface area contributed by atoms with Gasteiger partial charge in [-0.25, -0.2) is 0 Å². The molecule has 0 heterocycles. The van der Waals surface area contributed by atoms with Crippen LogP contribution in [-0.2, 0) is 6.54 Å². The van der Waals surface area contributed by atoms with Crippen molar-refractivity contribution in [2.75, 3.05) is 18.6 Å². The highest BCUT2D eigenvalue weighted by Gasteiger charge is 2.02. The summed E-state index contributed by atoms with van der Waals surface area (Å²) in [5.74, 6) is 1.96. The molecule has 1 aromatic rings. The van der Waals surface area contributed by atoms with E-state index in [9.17, 15) is 0 Å². The third-order valence-corrected chi connectivity index (χ3v) is 4.11. The van der Waals surface area contributed by atoms with Crippen molar-refractivity contribution in [3.8, 4) is 0 Å². The summed E-state index contributed by atoms with van der Waals surface area (Å²) in [5.41, 5.74) is 2.63. The van der Waals surface area contributed by atoms with Gasteiger partial charge in [0, 0.05) is 11.0 Å². The van der Waals surface area contributed by atoms with Crippen LogP contribution in [0.25, 0.3) is 0 Å². The van der Waals surface area contributed by atoms with Crippen molar-refractivity contribution in [3.05, 3.63) is 33.8 Å². The Labute approximate surface area is 112 Å². The number of benzene rings is 1. The van der Waals surface area contributed by atoms with E-state index in [0.29, 0.717) is 0 Å². The lowest BCUT2D eigenvalue weighted by Crippen LogP contribution is -2.22. The first kappa shape index (κ1) is 14.1. The highest BCUT2D eigenvalue weighted by atomic mass is 79.9. The first-order valence-electron chi connectivity index (χ1n) is 5.58. The highest BCUT2D eigenvalue weighted by Crippen LogP contribution is 2.18. The van der Waals surface area contributed by atoms with Crippen LogP contribution in [0.1, 0.15) is 18.1 Å². The van der Waals surface area contributed by atoms with E-state index < -0.39 is 0 Å². The van der Waals surface area contributed by atoms with Crippen LogP contribution in [0.5, 0.6) is 0 Å². The fourth-order valence-electron chi connectivity index (χ4n) is 1.59. The SMILES string of the molecule is CSCC(C)CNCc1ccc(C)cc1Br. The molecule has 1 aromatic carbocycles. The van der Waals surface area contributed by atoms with Gasteiger partial charge in [0.25, 0.3) is 0 Å². The minimum atomic E-state index is 0.735. The fourth-order valence-corrected chi connectivity index (χ4v) is 2.91. The first-order chi connectivity index (χ1) is 7.63. The number of thioether (sulfide) groups is 1. The van der Waals surface area contributed by atoms with Crippen LogP contribution < -0.4 is 5.32 Å². The van der Waals surface area contributed by atoms with E-state index in [4.69, 9.17) is 0 Å². The minimum absolute atomic E-state index is 0.735. The Morgan fingerprint density at radius 3 is 2.81 bits per heavy atom. The predicted molar refractivity (Wildman–Crippen MR) is 78.1 cm³/mol. The zero-order chi connectivity index (χ0) is 12.0. The lowest BCUT2D eigenvalue weighted by molar-refractivity contribution is 0.559. The topological polar surface area (TPSA) is 12.0 Å². The van der Waals surface area contributed by atoms with Gasteiger partial charge in [-0.15, -0.1) is 0 Å². The maximum atomic E-state index is 3.60. The molecule has 0 aliphatic carbocycles. The Kier molecular flexibility index (Phi) is 6.47. The Balaban J connectivity index is 2.37. The van der Waals surface area contributed by atoms with E-state index in [1.807, 2.05) is 11.8 Å². The van der Waals surface area contributed by atoms with Gasteiger partial charge in [0.2, 0.25) is 0 Å². The van der Waals surface area contributed by atoms with Crippen molar-refractivity contribution < 1.29 is 0 Å². The van der Waals surface area contributed by atoms with Gasteiger partial charge in [0.05, 0.1) is 0 Å². The summed E-state index contributed by atoms with van der Waals surface area (Å²) >= 11 is 5.51. The van der Waals surface area contributed by atoms with Crippen LogP contribution in [0.4, 0.5) is 0 Å². The van der Waals surface area contributed by atoms with E-state index >= 15 is 0 Å². The number of aryl methyl sites for hydroxylation is 1. The smallest absolute Gasteiger partial charge is 0.0222 e. The molecule has 0 aliphatic heterocycles. The molecule has 0 aromatic heterocycles. The molecule has 0 fully saturated rings. The third kappa shape index (κ3) is 4.89. The van der Waals surface area contributed by atoms with E-state index in [1.165, 1.54) is 21.4 Å². The van der Waals surface area contributed by atoms with Gasteiger partial charge in [0.15, 0.2) is 0 Å². The monoisotopic (exact) mass is 301 g/mol. The van der Waals surface area contributed by atoms with Crippen LogP contribution in [0.3, 0.4) is 0 Å². The predicted octanol–water partition coefficient (Wildman–Crippen LogP) is 3.85. The van der Waals surface area contributed by atoms with E-state index in [0.717, 1.165) is 19.0 Å². The lowest BCUT2D eigenvalue weighted by Gasteiger charge is -2.12. The molecule has 16 heavy (non-hydrogen) atoms. The molecule has 0 aliphatic rings.